The van der Waals surface area contributed by atoms with E-state index in [1.807, 2.05) is 12.5 Å². The highest BCUT2D eigenvalue weighted by Gasteiger charge is 2.46. The molecule has 6 heterocycles. The van der Waals surface area contributed by atoms with Crippen molar-refractivity contribution in [3.63, 3.8) is 0 Å². The standard InChI is InChI=1S/C60H62BN3O/c1-56(2,3)33-16-21-38(22-17-33)62-47-25-20-36(59(10,11)12)29-43(47)61-44-30-37(60(13,14)15)28-40-39-26-34(57(4,5)6)18-23-45(39)64(52(40)44)55-50-42-31-65-32-48(42)63-46-24-19-35(58(7,8)9)27-41(46)49(53(50)63)54(62)51(55)61/h16-32H,1-15H3. The minimum absolute atomic E-state index is 0.00604. The van der Waals surface area contributed by atoms with Gasteiger partial charge in [-0.15, -0.1) is 0 Å². The van der Waals surface area contributed by atoms with E-state index in [0.29, 0.717) is 0 Å². The van der Waals surface area contributed by atoms with Crippen LogP contribution in [0, 0.1) is 0 Å². The Morgan fingerprint density at radius 3 is 1.57 bits per heavy atom. The molecule has 4 nitrogen and oxygen atoms in total. The van der Waals surface area contributed by atoms with Gasteiger partial charge in [0, 0.05) is 49.2 Å². The molecular formula is C60H62BN3O. The Hall–Kier alpha value is -5.94. The van der Waals surface area contributed by atoms with E-state index in [9.17, 15) is 0 Å². The van der Waals surface area contributed by atoms with Gasteiger partial charge in [-0.1, -0.05) is 146 Å². The normalized spacial score (nSPS) is 14.6. The maximum Gasteiger partial charge on any atom is 0.252 e. The third kappa shape index (κ3) is 5.45. The Balaban J connectivity index is 1.38. The number of rotatable bonds is 1. The smallest absolute Gasteiger partial charge is 0.252 e. The third-order valence-electron chi connectivity index (χ3n) is 15.3. The van der Waals surface area contributed by atoms with Crippen LogP contribution in [0.3, 0.4) is 0 Å². The van der Waals surface area contributed by atoms with E-state index in [4.69, 9.17) is 4.42 Å². The van der Waals surface area contributed by atoms with E-state index in [2.05, 4.69) is 209 Å². The molecule has 326 valence electrons. The summed E-state index contributed by atoms with van der Waals surface area (Å²) >= 11 is 0. The third-order valence-corrected chi connectivity index (χ3v) is 15.3. The van der Waals surface area contributed by atoms with Gasteiger partial charge in [0.1, 0.15) is 12.5 Å². The van der Waals surface area contributed by atoms with Gasteiger partial charge in [-0.2, -0.15) is 0 Å². The van der Waals surface area contributed by atoms with E-state index in [1.165, 1.54) is 116 Å². The minimum Gasteiger partial charge on any atom is -0.470 e. The number of fused-ring (bicyclic) bond motifs is 15. The summed E-state index contributed by atoms with van der Waals surface area (Å²) in [6.45, 7) is 35.1. The van der Waals surface area contributed by atoms with Crippen LogP contribution in [0.1, 0.15) is 132 Å². The summed E-state index contributed by atoms with van der Waals surface area (Å²) in [4.78, 5) is 2.66. The van der Waals surface area contributed by atoms with E-state index < -0.39 is 0 Å². The molecular weight excluding hydrogens is 789 g/mol. The van der Waals surface area contributed by atoms with Crippen LogP contribution in [0.25, 0.3) is 65.6 Å². The first-order valence-corrected chi connectivity index (χ1v) is 23.9. The van der Waals surface area contributed by atoms with Crippen molar-refractivity contribution in [1.82, 2.24) is 8.97 Å². The highest BCUT2D eigenvalue weighted by Crippen LogP contribution is 2.53. The molecule has 0 fully saturated rings. The summed E-state index contributed by atoms with van der Waals surface area (Å²) < 4.78 is 11.5. The van der Waals surface area contributed by atoms with Crippen LogP contribution < -0.4 is 21.3 Å². The lowest BCUT2D eigenvalue weighted by Gasteiger charge is -2.42. The van der Waals surface area contributed by atoms with Gasteiger partial charge in [0.2, 0.25) is 0 Å². The van der Waals surface area contributed by atoms with E-state index in [0.717, 1.165) is 10.9 Å². The number of aromatic nitrogens is 2. The molecule has 0 amide bonds. The number of hydrogen-bond donors (Lipinski definition) is 0. The van der Waals surface area contributed by atoms with Gasteiger partial charge in [-0.05, 0) is 120 Å². The van der Waals surface area contributed by atoms with Crippen LogP contribution in [0.4, 0.5) is 17.1 Å². The molecule has 0 bridgehead atoms. The van der Waals surface area contributed by atoms with Crippen molar-refractivity contribution in [3.8, 4) is 5.69 Å². The lowest BCUT2D eigenvalue weighted by molar-refractivity contribution is 0.571. The summed E-state index contributed by atoms with van der Waals surface area (Å²) in [5, 5.41) is 7.68. The minimum atomic E-state index is -0.0735. The molecule has 6 aromatic carbocycles. The quantitative estimate of drug-likeness (QED) is 0.154. The molecule has 0 saturated carbocycles. The molecule has 0 N–H and O–H groups in total. The molecule has 4 aromatic heterocycles. The molecule has 5 heteroatoms. The molecule has 65 heavy (non-hydrogen) atoms. The van der Waals surface area contributed by atoms with Crippen LogP contribution in [0.5, 0.6) is 0 Å². The molecule has 12 rings (SSSR count). The van der Waals surface area contributed by atoms with Crippen LogP contribution in [0.15, 0.2) is 108 Å². The van der Waals surface area contributed by atoms with E-state index >= 15 is 0 Å². The van der Waals surface area contributed by atoms with Gasteiger partial charge < -0.3 is 18.3 Å². The zero-order valence-electron chi connectivity index (χ0n) is 41.1. The molecule has 0 saturated heterocycles. The van der Waals surface area contributed by atoms with Gasteiger partial charge in [-0.3, -0.25) is 0 Å². The SMILES string of the molecule is CC(C)(C)c1ccc(N2c3ccc(C(C)(C)C)cc3B3c4c2c2c5cc(C(C)(C)C)ccc5n5c6cocc6c(c4-n4c6ccc(C(C)(C)C)cc6c6cc(C(C)(C)C)cc3c64)c25)cc1. The predicted molar refractivity (Wildman–Crippen MR) is 281 cm³/mol. The van der Waals surface area contributed by atoms with Crippen LogP contribution >= 0.6 is 0 Å². The first-order chi connectivity index (χ1) is 30.4. The maximum atomic E-state index is 6.28. The van der Waals surface area contributed by atoms with Crippen molar-refractivity contribution in [2.24, 2.45) is 0 Å². The Morgan fingerprint density at radius 1 is 0.415 bits per heavy atom. The molecule has 0 spiro atoms. The fraction of sp³-hybridized carbons (Fsp3) is 0.333. The largest absolute Gasteiger partial charge is 0.470 e. The van der Waals surface area contributed by atoms with Gasteiger partial charge in [-0.25, -0.2) is 0 Å². The average molecular weight is 852 g/mol. The second kappa shape index (κ2) is 12.5. The highest BCUT2D eigenvalue weighted by molar-refractivity contribution is 7.01. The summed E-state index contributed by atoms with van der Waals surface area (Å²) in [5.41, 5.74) is 21.9. The Bertz CT molecular complexity index is 3670. The Labute approximate surface area is 384 Å². The number of anilines is 3. The van der Waals surface area contributed by atoms with E-state index in [-0.39, 0.29) is 33.8 Å². The number of furan rings is 1. The summed E-state index contributed by atoms with van der Waals surface area (Å²) in [5.74, 6) is 0. The number of nitrogens with zero attached hydrogens (tertiary/aromatic N) is 3. The maximum absolute atomic E-state index is 6.28. The van der Waals surface area contributed by atoms with Crippen molar-refractivity contribution in [3.05, 3.63) is 131 Å². The van der Waals surface area contributed by atoms with E-state index in [1.54, 1.807) is 0 Å². The van der Waals surface area contributed by atoms with Gasteiger partial charge in [0.05, 0.1) is 33.4 Å². The van der Waals surface area contributed by atoms with Gasteiger partial charge in [0.15, 0.2) is 0 Å². The average Bonchev–Trinajstić information content (AvgIpc) is 3.98. The lowest BCUT2D eigenvalue weighted by atomic mass is 9.33. The molecule has 10 aromatic rings. The Morgan fingerprint density at radius 2 is 0.938 bits per heavy atom. The molecule has 0 aliphatic carbocycles. The van der Waals surface area contributed by atoms with Crippen molar-refractivity contribution in [1.29, 1.82) is 0 Å². The Kier molecular flexibility index (Phi) is 7.79. The molecule has 0 unspecified atom stereocenters. The van der Waals surface area contributed by atoms with Crippen LogP contribution in [0.2, 0.25) is 0 Å². The molecule has 0 radical (unpaired) electrons. The zero-order valence-corrected chi connectivity index (χ0v) is 41.1. The second-order valence-electron chi connectivity index (χ2n) is 24.8. The van der Waals surface area contributed by atoms with Crippen molar-refractivity contribution >= 4 is 100 Å². The lowest BCUT2D eigenvalue weighted by Crippen LogP contribution is -2.61. The van der Waals surface area contributed by atoms with Crippen LogP contribution in [-0.4, -0.2) is 15.7 Å². The highest BCUT2D eigenvalue weighted by atomic mass is 16.3. The van der Waals surface area contributed by atoms with Crippen LogP contribution in [-0.2, 0) is 27.1 Å². The number of benzene rings is 6. The summed E-state index contributed by atoms with van der Waals surface area (Å²) in [6.07, 6.45) is 3.99. The van der Waals surface area contributed by atoms with Gasteiger partial charge >= 0.3 is 0 Å². The van der Waals surface area contributed by atoms with Gasteiger partial charge in [0.25, 0.3) is 6.71 Å². The number of hydrogen-bond acceptors (Lipinski definition) is 2. The predicted octanol–water partition coefficient (Wildman–Crippen LogP) is 14.6. The zero-order chi connectivity index (χ0) is 45.8. The first-order valence-electron chi connectivity index (χ1n) is 23.9. The molecule has 0 atom stereocenters. The van der Waals surface area contributed by atoms with Crippen molar-refractivity contribution in [2.45, 2.75) is 131 Å². The monoisotopic (exact) mass is 851 g/mol. The fourth-order valence-electron chi connectivity index (χ4n) is 11.6. The molecule has 2 aliphatic rings. The fourth-order valence-corrected chi connectivity index (χ4v) is 11.6. The van der Waals surface area contributed by atoms with Crippen molar-refractivity contribution < 1.29 is 4.42 Å². The summed E-state index contributed by atoms with van der Waals surface area (Å²) in [6, 6.07) is 36.6. The van der Waals surface area contributed by atoms with Crippen molar-refractivity contribution in [2.75, 3.05) is 4.90 Å². The topological polar surface area (TPSA) is 25.7 Å². The second-order valence-corrected chi connectivity index (χ2v) is 24.8. The first kappa shape index (κ1) is 40.6. The summed E-state index contributed by atoms with van der Waals surface area (Å²) in [7, 11) is 0. The molecule has 2 aliphatic heterocycles.